The van der Waals surface area contributed by atoms with Gasteiger partial charge in [0, 0.05) is 56.5 Å². The maximum Gasteiger partial charge on any atom is 0.261 e. The van der Waals surface area contributed by atoms with Crippen LogP contribution in [0.25, 0.3) is 28.1 Å². The first-order valence-corrected chi connectivity index (χ1v) is 9.25. The molecule has 9 heteroatoms. The summed E-state index contributed by atoms with van der Waals surface area (Å²) in [5.74, 6) is 0.987. The van der Waals surface area contributed by atoms with Gasteiger partial charge in [0.05, 0.1) is 24.1 Å². The number of fused-ring (bicyclic) bond motifs is 3. The molecule has 0 N–H and O–H groups in total. The van der Waals surface area contributed by atoms with Gasteiger partial charge in [0.1, 0.15) is 0 Å². The molecular weight excluding hydrogens is 358 g/mol. The van der Waals surface area contributed by atoms with Crippen molar-refractivity contribution in [1.29, 1.82) is 0 Å². The van der Waals surface area contributed by atoms with Crippen molar-refractivity contribution < 1.29 is 4.74 Å². The highest BCUT2D eigenvalue weighted by atomic mass is 16.5. The molecule has 4 aromatic rings. The van der Waals surface area contributed by atoms with Crippen molar-refractivity contribution in [3.05, 3.63) is 53.3 Å². The number of pyridine rings is 2. The third-order valence-electron chi connectivity index (χ3n) is 4.99. The van der Waals surface area contributed by atoms with Crippen LogP contribution in [0.3, 0.4) is 0 Å². The van der Waals surface area contributed by atoms with Gasteiger partial charge < -0.3 is 9.30 Å². The lowest BCUT2D eigenvalue weighted by atomic mass is 10.3. The van der Waals surface area contributed by atoms with Gasteiger partial charge in [-0.2, -0.15) is 9.50 Å². The molecule has 0 aromatic carbocycles. The van der Waals surface area contributed by atoms with Crippen molar-refractivity contribution in [3.63, 3.8) is 0 Å². The molecule has 0 bridgehead atoms. The number of nitrogens with zero attached hydrogens (tertiary/aromatic N) is 7. The first kappa shape index (κ1) is 17.0. The lowest BCUT2D eigenvalue weighted by molar-refractivity contribution is 0.0363. The summed E-state index contributed by atoms with van der Waals surface area (Å²) in [5.41, 5.74) is 1.43. The molecule has 0 aliphatic carbocycles. The number of ether oxygens (including phenoxy) is 1. The lowest BCUT2D eigenvalue weighted by Crippen LogP contribution is -2.39. The quantitative estimate of drug-likeness (QED) is 0.520. The molecule has 0 radical (unpaired) electrons. The smallest absolute Gasteiger partial charge is 0.261 e. The Hall–Kier alpha value is -3.17. The van der Waals surface area contributed by atoms with E-state index in [1.54, 1.807) is 27.7 Å². The highest BCUT2D eigenvalue weighted by Crippen LogP contribution is 2.16. The van der Waals surface area contributed by atoms with Crippen molar-refractivity contribution in [2.24, 2.45) is 0 Å². The molecule has 28 heavy (non-hydrogen) atoms. The van der Waals surface area contributed by atoms with E-state index in [-0.39, 0.29) is 5.56 Å². The second-order valence-corrected chi connectivity index (χ2v) is 6.71. The standard InChI is InChI=1S/C19H19N7O2/c27-18-15-13-21-19-22-17(14-2-1-4-20-12-14)23-26(19)16(15)3-5-25(18)7-6-24-8-10-28-11-9-24/h1-5,12-13H,6-11H2. The van der Waals surface area contributed by atoms with Crippen LogP contribution in [0.5, 0.6) is 0 Å². The average molecular weight is 377 g/mol. The predicted octanol–water partition coefficient (Wildman–Crippen LogP) is 0.833. The lowest BCUT2D eigenvalue weighted by Gasteiger charge is -2.26. The Morgan fingerprint density at radius 1 is 1.11 bits per heavy atom. The normalized spacial score (nSPS) is 15.4. The van der Waals surface area contributed by atoms with Gasteiger partial charge in [0.15, 0.2) is 5.82 Å². The fraction of sp³-hybridized carbons (Fsp3) is 0.316. The van der Waals surface area contributed by atoms with Gasteiger partial charge in [-0.3, -0.25) is 14.7 Å². The predicted molar refractivity (Wildman–Crippen MR) is 103 cm³/mol. The molecule has 4 aromatic heterocycles. The summed E-state index contributed by atoms with van der Waals surface area (Å²) in [6.07, 6.45) is 6.80. The number of hydrogen-bond acceptors (Lipinski definition) is 7. The molecule has 0 saturated carbocycles. The topological polar surface area (TPSA) is 90.4 Å². The summed E-state index contributed by atoms with van der Waals surface area (Å²) in [6.45, 7) is 4.76. The van der Waals surface area contributed by atoms with Crippen LogP contribution in [0.1, 0.15) is 0 Å². The van der Waals surface area contributed by atoms with E-state index in [1.165, 1.54) is 0 Å². The Labute approximate surface area is 160 Å². The van der Waals surface area contributed by atoms with Crippen molar-refractivity contribution >= 4 is 16.7 Å². The minimum atomic E-state index is -0.0708. The number of hydrogen-bond donors (Lipinski definition) is 0. The average Bonchev–Trinajstić information content (AvgIpc) is 3.19. The molecule has 0 spiro atoms. The molecule has 0 unspecified atom stereocenters. The highest BCUT2D eigenvalue weighted by molar-refractivity contribution is 5.79. The van der Waals surface area contributed by atoms with Crippen LogP contribution in [0.4, 0.5) is 0 Å². The van der Waals surface area contributed by atoms with Crippen molar-refractivity contribution in [1.82, 2.24) is 34.0 Å². The van der Waals surface area contributed by atoms with Gasteiger partial charge in [-0.1, -0.05) is 0 Å². The molecule has 5 rings (SSSR count). The molecule has 5 heterocycles. The Kier molecular flexibility index (Phi) is 4.30. The van der Waals surface area contributed by atoms with Gasteiger partial charge in [-0.05, 0) is 18.2 Å². The van der Waals surface area contributed by atoms with Gasteiger partial charge >= 0.3 is 0 Å². The fourth-order valence-electron chi connectivity index (χ4n) is 3.43. The van der Waals surface area contributed by atoms with Gasteiger partial charge in [-0.15, -0.1) is 5.10 Å². The monoisotopic (exact) mass is 377 g/mol. The Morgan fingerprint density at radius 2 is 2.00 bits per heavy atom. The van der Waals surface area contributed by atoms with E-state index in [9.17, 15) is 4.79 Å². The third-order valence-corrected chi connectivity index (χ3v) is 4.99. The summed E-state index contributed by atoms with van der Waals surface area (Å²) in [5, 5.41) is 5.06. The van der Waals surface area contributed by atoms with Crippen LogP contribution in [-0.4, -0.2) is 66.9 Å². The summed E-state index contributed by atoms with van der Waals surface area (Å²) >= 11 is 0. The van der Waals surface area contributed by atoms with E-state index in [4.69, 9.17) is 4.74 Å². The molecule has 142 valence electrons. The van der Waals surface area contributed by atoms with Crippen LogP contribution in [0.2, 0.25) is 0 Å². The van der Waals surface area contributed by atoms with E-state index in [0.29, 0.717) is 29.0 Å². The van der Waals surface area contributed by atoms with Gasteiger partial charge in [0.25, 0.3) is 11.3 Å². The van der Waals surface area contributed by atoms with E-state index in [0.717, 1.165) is 38.4 Å². The number of morpholine rings is 1. The second-order valence-electron chi connectivity index (χ2n) is 6.71. The summed E-state index contributed by atoms with van der Waals surface area (Å²) in [6, 6.07) is 5.62. The van der Waals surface area contributed by atoms with Gasteiger partial charge in [0.2, 0.25) is 0 Å². The number of aromatic nitrogens is 6. The van der Waals surface area contributed by atoms with E-state index < -0.39 is 0 Å². The zero-order valence-electron chi connectivity index (χ0n) is 15.2. The third kappa shape index (κ3) is 3.04. The molecule has 9 nitrogen and oxygen atoms in total. The molecule has 0 amide bonds. The zero-order chi connectivity index (χ0) is 18.9. The van der Waals surface area contributed by atoms with Gasteiger partial charge in [-0.25, -0.2) is 4.98 Å². The summed E-state index contributed by atoms with van der Waals surface area (Å²) in [7, 11) is 0. The maximum absolute atomic E-state index is 12.9. The van der Waals surface area contributed by atoms with E-state index in [2.05, 4.69) is 25.0 Å². The van der Waals surface area contributed by atoms with Crippen molar-refractivity contribution in [2.75, 3.05) is 32.8 Å². The Morgan fingerprint density at radius 3 is 2.82 bits per heavy atom. The van der Waals surface area contributed by atoms with Crippen LogP contribution in [0, 0.1) is 0 Å². The molecule has 1 aliphatic rings. The summed E-state index contributed by atoms with van der Waals surface area (Å²) in [4.78, 5) is 28.1. The highest BCUT2D eigenvalue weighted by Gasteiger charge is 2.14. The SMILES string of the molecule is O=c1c2cnc3nc(-c4cccnc4)nn3c2ccn1CCN1CCOCC1. The maximum atomic E-state index is 12.9. The largest absolute Gasteiger partial charge is 0.379 e. The fourth-order valence-corrected chi connectivity index (χ4v) is 3.43. The molecule has 1 fully saturated rings. The minimum Gasteiger partial charge on any atom is -0.379 e. The van der Waals surface area contributed by atoms with Crippen molar-refractivity contribution in [2.45, 2.75) is 6.54 Å². The van der Waals surface area contributed by atoms with Crippen molar-refractivity contribution in [3.8, 4) is 11.4 Å². The number of rotatable bonds is 4. The van der Waals surface area contributed by atoms with Crippen LogP contribution in [-0.2, 0) is 11.3 Å². The second kappa shape index (κ2) is 7.10. The Bertz CT molecular complexity index is 1180. The first-order valence-electron chi connectivity index (χ1n) is 9.25. The minimum absolute atomic E-state index is 0.0708. The molecule has 0 atom stereocenters. The van der Waals surface area contributed by atoms with Crippen LogP contribution < -0.4 is 5.56 Å². The molecular formula is C19H19N7O2. The summed E-state index contributed by atoms with van der Waals surface area (Å²) < 4.78 is 8.71. The molecule has 1 saturated heterocycles. The van der Waals surface area contributed by atoms with E-state index >= 15 is 0 Å². The molecule has 1 aliphatic heterocycles. The van der Waals surface area contributed by atoms with Crippen LogP contribution in [0.15, 0.2) is 47.8 Å². The van der Waals surface area contributed by atoms with E-state index in [1.807, 2.05) is 24.4 Å². The zero-order valence-corrected chi connectivity index (χ0v) is 15.2. The first-order chi connectivity index (χ1) is 13.8. The Balaban J connectivity index is 1.50. The van der Waals surface area contributed by atoms with Crippen LogP contribution >= 0.6 is 0 Å².